The molecule has 6 nitrogen and oxygen atoms in total. The molecule has 0 spiro atoms. The summed E-state index contributed by atoms with van der Waals surface area (Å²) in [6, 6.07) is 8.93. The Morgan fingerprint density at radius 1 is 1.25 bits per heavy atom. The van der Waals surface area contributed by atoms with Gasteiger partial charge in [0.15, 0.2) is 5.96 Å². The van der Waals surface area contributed by atoms with E-state index < -0.39 is 0 Å². The number of halogens is 1. The van der Waals surface area contributed by atoms with Gasteiger partial charge < -0.3 is 15.5 Å². The number of aromatic nitrogens is 2. The van der Waals surface area contributed by atoms with E-state index in [9.17, 15) is 0 Å². The SMILES string of the molecule is CN=C(NCc1cccc(CN(C)C)c1)NC(C)Cc1c(C)nn(C)c1C.I. The molecule has 0 saturated heterocycles. The van der Waals surface area contributed by atoms with Crippen LogP contribution in [0.2, 0.25) is 0 Å². The van der Waals surface area contributed by atoms with E-state index in [-0.39, 0.29) is 30.0 Å². The van der Waals surface area contributed by atoms with E-state index in [1.165, 1.54) is 22.4 Å². The maximum absolute atomic E-state index is 4.51. The topological polar surface area (TPSA) is 57.5 Å². The monoisotopic (exact) mass is 498 g/mol. The molecule has 0 radical (unpaired) electrons. The molecular formula is C21H35IN6. The number of benzene rings is 1. The first kappa shape index (κ1) is 24.4. The van der Waals surface area contributed by atoms with Crippen molar-refractivity contribution in [3.05, 3.63) is 52.3 Å². The highest BCUT2D eigenvalue weighted by molar-refractivity contribution is 14.0. The van der Waals surface area contributed by atoms with Gasteiger partial charge in [-0.15, -0.1) is 24.0 Å². The number of aryl methyl sites for hydroxylation is 2. The molecule has 0 fully saturated rings. The largest absolute Gasteiger partial charge is 0.354 e. The van der Waals surface area contributed by atoms with Crippen molar-refractivity contribution in [1.82, 2.24) is 25.3 Å². The van der Waals surface area contributed by atoms with Gasteiger partial charge in [0.25, 0.3) is 0 Å². The van der Waals surface area contributed by atoms with Gasteiger partial charge in [-0.3, -0.25) is 9.67 Å². The van der Waals surface area contributed by atoms with Crippen LogP contribution in [-0.2, 0) is 26.6 Å². The molecule has 2 N–H and O–H groups in total. The first-order valence-corrected chi connectivity index (χ1v) is 9.49. The molecule has 156 valence electrons. The molecule has 1 heterocycles. The van der Waals surface area contributed by atoms with Crippen molar-refractivity contribution < 1.29 is 0 Å². The molecule has 1 unspecified atom stereocenters. The number of hydrogen-bond acceptors (Lipinski definition) is 3. The Kier molecular flexibility index (Phi) is 9.95. The van der Waals surface area contributed by atoms with Crippen molar-refractivity contribution in [3.63, 3.8) is 0 Å². The minimum absolute atomic E-state index is 0. The molecule has 1 atom stereocenters. The number of aliphatic imine (C=N–C) groups is 1. The number of rotatable bonds is 7. The molecule has 2 aromatic rings. The summed E-state index contributed by atoms with van der Waals surface area (Å²) in [5, 5.41) is 11.4. The predicted molar refractivity (Wildman–Crippen MR) is 128 cm³/mol. The number of nitrogens with one attached hydrogen (secondary N) is 2. The molecule has 2 rings (SSSR count). The summed E-state index contributed by atoms with van der Waals surface area (Å²) in [5.74, 6) is 0.819. The zero-order chi connectivity index (χ0) is 20.0. The van der Waals surface area contributed by atoms with Crippen molar-refractivity contribution in [1.29, 1.82) is 0 Å². The third-order valence-corrected chi connectivity index (χ3v) is 4.73. The molecule has 0 saturated carbocycles. The van der Waals surface area contributed by atoms with Gasteiger partial charge in [0.05, 0.1) is 5.69 Å². The molecule has 1 aromatic heterocycles. The highest BCUT2D eigenvalue weighted by Gasteiger charge is 2.14. The van der Waals surface area contributed by atoms with Gasteiger partial charge in [-0.05, 0) is 58.0 Å². The van der Waals surface area contributed by atoms with Crippen LogP contribution in [-0.4, -0.2) is 47.8 Å². The summed E-state index contributed by atoms with van der Waals surface area (Å²) < 4.78 is 1.95. The lowest BCUT2D eigenvalue weighted by molar-refractivity contribution is 0.402. The van der Waals surface area contributed by atoms with Crippen LogP contribution in [0.3, 0.4) is 0 Å². The van der Waals surface area contributed by atoms with Crippen LogP contribution >= 0.6 is 24.0 Å². The zero-order valence-electron chi connectivity index (χ0n) is 18.2. The lowest BCUT2D eigenvalue weighted by atomic mass is 10.1. The van der Waals surface area contributed by atoms with Gasteiger partial charge >= 0.3 is 0 Å². The summed E-state index contributed by atoms with van der Waals surface area (Å²) in [7, 11) is 7.98. The second kappa shape index (κ2) is 11.4. The zero-order valence-corrected chi connectivity index (χ0v) is 20.5. The molecular weight excluding hydrogens is 463 g/mol. The van der Waals surface area contributed by atoms with Crippen LogP contribution < -0.4 is 10.6 Å². The second-order valence-corrected chi connectivity index (χ2v) is 7.51. The van der Waals surface area contributed by atoms with Gasteiger partial charge in [0, 0.05) is 38.9 Å². The lowest BCUT2D eigenvalue weighted by Crippen LogP contribution is -2.42. The van der Waals surface area contributed by atoms with Crippen LogP contribution in [0.1, 0.15) is 35.0 Å². The third kappa shape index (κ3) is 7.09. The van der Waals surface area contributed by atoms with E-state index >= 15 is 0 Å². The van der Waals surface area contributed by atoms with Crippen molar-refractivity contribution >= 4 is 29.9 Å². The van der Waals surface area contributed by atoms with Crippen LogP contribution in [0, 0.1) is 13.8 Å². The van der Waals surface area contributed by atoms with E-state index in [0.29, 0.717) is 0 Å². The summed E-state index contributed by atoms with van der Waals surface area (Å²) in [4.78, 5) is 6.55. The van der Waals surface area contributed by atoms with Crippen LogP contribution in [0.5, 0.6) is 0 Å². The van der Waals surface area contributed by atoms with E-state index in [0.717, 1.165) is 31.2 Å². The molecule has 1 aromatic carbocycles. The fourth-order valence-corrected chi connectivity index (χ4v) is 3.29. The fraction of sp³-hybridized carbons (Fsp3) is 0.524. The van der Waals surface area contributed by atoms with Crippen LogP contribution in [0.4, 0.5) is 0 Å². The summed E-state index contributed by atoms with van der Waals surface area (Å²) >= 11 is 0. The predicted octanol–water partition coefficient (Wildman–Crippen LogP) is 3.01. The Bertz CT molecular complexity index is 781. The maximum atomic E-state index is 4.51. The van der Waals surface area contributed by atoms with Crippen molar-refractivity contribution in [2.75, 3.05) is 21.1 Å². The van der Waals surface area contributed by atoms with Gasteiger partial charge in [0.1, 0.15) is 0 Å². The average Bonchev–Trinajstić information content (AvgIpc) is 2.84. The van der Waals surface area contributed by atoms with Crippen LogP contribution in [0.25, 0.3) is 0 Å². The lowest BCUT2D eigenvalue weighted by Gasteiger charge is -2.18. The molecule has 0 bridgehead atoms. The molecule has 0 aliphatic carbocycles. The quantitative estimate of drug-likeness (QED) is 0.350. The molecule has 0 aliphatic heterocycles. The van der Waals surface area contributed by atoms with Crippen molar-refractivity contribution in [2.24, 2.45) is 12.0 Å². The second-order valence-electron chi connectivity index (χ2n) is 7.51. The first-order chi connectivity index (χ1) is 12.8. The number of nitrogens with zero attached hydrogens (tertiary/aromatic N) is 4. The Morgan fingerprint density at radius 3 is 2.50 bits per heavy atom. The van der Waals surface area contributed by atoms with E-state index in [1.807, 2.05) is 18.8 Å². The van der Waals surface area contributed by atoms with Gasteiger partial charge in [-0.2, -0.15) is 5.10 Å². The maximum Gasteiger partial charge on any atom is 0.191 e. The summed E-state index contributed by atoms with van der Waals surface area (Å²) in [5.41, 5.74) is 6.21. The van der Waals surface area contributed by atoms with Gasteiger partial charge in [0.2, 0.25) is 0 Å². The Labute approximate surface area is 186 Å². The summed E-state index contributed by atoms with van der Waals surface area (Å²) in [6.07, 6.45) is 0.921. The van der Waals surface area contributed by atoms with Crippen LogP contribution in [0.15, 0.2) is 29.3 Å². The smallest absolute Gasteiger partial charge is 0.191 e. The molecule has 28 heavy (non-hydrogen) atoms. The molecule has 0 aliphatic rings. The van der Waals surface area contributed by atoms with E-state index in [4.69, 9.17) is 0 Å². The van der Waals surface area contributed by atoms with Crippen molar-refractivity contribution in [2.45, 2.75) is 46.3 Å². The first-order valence-electron chi connectivity index (χ1n) is 9.49. The van der Waals surface area contributed by atoms with Crippen molar-refractivity contribution in [3.8, 4) is 0 Å². The Morgan fingerprint density at radius 2 is 1.93 bits per heavy atom. The normalized spacial score (nSPS) is 12.6. The Balaban J connectivity index is 0.00000392. The minimum Gasteiger partial charge on any atom is -0.354 e. The van der Waals surface area contributed by atoms with Gasteiger partial charge in [-0.1, -0.05) is 24.3 Å². The summed E-state index contributed by atoms with van der Waals surface area (Å²) in [6.45, 7) is 8.06. The highest BCUT2D eigenvalue weighted by Crippen LogP contribution is 2.14. The highest BCUT2D eigenvalue weighted by atomic mass is 127. The molecule has 7 heteroatoms. The standard InChI is InChI=1S/C21H34N6.HI/c1-15(11-20-16(2)25-27(7)17(20)3)24-21(22-4)23-13-18-9-8-10-19(12-18)14-26(5)6;/h8-10,12,15H,11,13-14H2,1-7H3,(H2,22,23,24);1H. The van der Waals surface area contributed by atoms with E-state index in [1.54, 1.807) is 0 Å². The minimum atomic E-state index is 0. The number of hydrogen-bond donors (Lipinski definition) is 2. The number of guanidine groups is 1. The van der Waals surface area contributed by atoms with Gasteiger partial charge in [-0.25, -0.2) is 0 Å². The molecule has 0 amide bonds. The fourth-order valence-electron chi connectivity index (χ4n) is 3.29. The average molecular weight is 498 g/mol. The Hall–Kier alpha value is -1.61. The van der Waals surface area contributed by atoms with E-state index in [2.05, 4.69) is 84.8 Å². The third-order valence-electron chi connectivity index (χ3n) is 4.73.